The lowest BCUT2D eigenvalue weighted by Gasteiger charge is -2.31. The van der Waals surface area contributed by atoms with Crippen molar-refractivity contribution >= 4 is 5.91 Å². The van der Waals surface area contributed by atoms with Crippen molar-refractivity contribution in [2.24, 2.45) is 0 Å². The molecule has 0 aliphatic rings. The Labute approximate surface area is 81.7 Å². The Bertz CT molecular complexity index is 156. The van der Waals surface area contributed by atoms with Gasteiger partial charge in [-0.2, -0.15) is 0 Å². The van der Waals surface area contributed by atoms with Gasteiger partial charge in [-0.1, -0.05) is 0 Å². The van der Waals surface area contributed by atoms with E-state index in [9.17, 15) is 4.79 Å². The fourth-order valence-electron chi connectivity index (χ4n) is 1.52. The molecule has 3 nitrogen and oxygen atoms in total. The van der Waals surface area contributed by atoms with Crippen LogP contribution in [0.15, 0.2) is 0 Å². The minimum atomic E-state index is 0.204. The van der Waals surface area contributed by atoms with E-state index in [1.807, 2.05) is 51.6 Å². The van der Waals surface area contributed by atoms with E-state index in [1.54, 1.807) is 0 Å². The fourth-order valence-corrected chi connectivity index (χ4v) is 1.52. The number of carbonyl (C=O) groups is 1. The SMILES string of the molecule is CC(C)N(C(=O)CN(C)C)C(C)C. The van der Waals surface area contributed by atoms with Crippen LogP contribution in [-0.4, -0.2) is 48.4 Å². The summed E-state index contributed by atoms with van der Waals surface area (Å²) < 4.78 is 0. The van der Waals surface area contributed by atoms with Gasteiger partial charge in [-0.3, -0.25) is 4.79 Å². The Morgan fingerprint density at radius 1 is 1.08 bits per heavy atom. The zero-order chi connectivity index (χ0) is 10.6. The Morgan fingerprint density at radius 2 is 1.46 bits per heavy atom. The quantitative estimate of drug-likeness (QED) is 0.658. The van der Waals surface area contributed by atoms with Crippen molar-refractivity contribution in [3.05, 3.63) is 0 Å². The molecule has 0 fully saturated rings. The van der Waals surface area contributed by atoms with E-state index in [2.05, 4.69) is 0 Å². The third-order valence-corrected chi connectivity index (χ3v) is 1.85. The molecule has 0 saturated heterocycles. The topological polar surface area (TPSA) is 23.6 Å². The number of amides is 1. The maximum Gasteiger partial charge on any atom is 0.237 e. The van der Waals surface area contributed by atoms with Crippen molar-refractivity contribution in [2.45, 2.75) is 39.8 Å². The Balaban J connectivity index is 4.29. The third-order valence-electron chi connectivity index (χ3n) is 1.85. The van der Waals surface area contributed by atoms with E-state index in [4.69, 9.17) is 0 Å². The Morgan fingerprint density at radius 3 is 1.69 bits per heavy atom. The first-order valence-corrected chi connectivity index (χ1v) is 4.82. The second-order valence-electron chi connectivity index (χ2n) is 4.23. The van der Waals surface area contributed by atoms with E-state index in [0.29, 0.717) is 6.54 Å². The van der Waals surface area contributed by atoms with Gasteiger partial charge in [0.25, 0.3) is 0 Å². The molecule has 3 heteroatoms. The van der Waals surface area contributed by atoms with Crippen molar-refractivity contribution in [3.63, 3.8) is 0 Å². The minimum Gasteiger partial charge on any atom is -0.337 e. The van der Waals surface area contributed by atoms with Crippen molar-refractivity contribution in [3.8, 4) is 0 Å². The summed E-state index contributed by atoms with van der Waals surface area (Å²) in [5.41, 5.74) is 0. The van der Waals surface area contributed by atoms with Crippen LogP contribution in [0.5, 0.6) is 0 Å². The van der Waals surface area contributed by atoms with Gasteiger partial charge in [0.15, 0.2) is 0 Å². The van der Waals surface area contributed by atoms with Gasteiger partial charge < -0.3 is 9.80 Å². The van der Waals surface area contributed by atoms with E-state index >= 15 is 0 Å². The summed E-state index contributed by atoms with van der Waals surface area (Å²) in [6.07, 6.45) is 0. The number of nitrogens with zero attached hydrogens (tertiary/aromatic N) is 2. The van der Waals surface area contributed by atoms with E-state index in [0.717, 1.165) is 0 Å². The lowest BCUT2D eigenvalue weighted by atomic mass is 10.2. The molecule has 0 bridgehead atoms. The first kappa shape index (κ1) is 12.4. The summed E-state index contributed by atoms with van der Waals surface area (Å²) >= 11 is 0. The van der Waals surface area contributed by atoms with Gasteiger partial charge in [0.2, 0.25) is 5.91 Å². The van der Waals surface area contributed by atoms with Crippen molar-refractivity contribution < 1.29 is 4.79 Å². The molecule has 0 aromatic heterocycles. The molecule has 0 unspecified atom stereocenters. The number of hydrogen-bond acceptors (Lipinski definition) is 2. The van der Waals surface area contributed by atoms with Gasteiger partial charge in [-0.05, 0) is 41.8 Å². The average molecular weight is 186 g/mol. The van der Waals surface area contributed by atoms with Crippen LogP contribution in [-0.2, 0) is 4.79 Å². The monoisotopic (exact) mass is 186 g/mol. The summed E-state index contributed by atoms with van der Waals surface area (Å²) in [5, 5.41) is 0. The molecule has 78 valence electrons. The predicted octanol–water partition coefficient (Wildman–Crippen LogP) is 1.19. The number of carbonyl (C=O) groups excluding carboxylic acids is 1. The maximum atomic E-state index is 11.7. The number of likely N-dealkylation sites (N-methyl/N-ethyl adjacent to an activating group) is 1. The molecular weight excluding hydrogens is 164 g/mol. The highest BCUT2D eigenvalue weighted by Crippen LogP contribution is 2.05. The smallest absolute Gasteiger partial charge is 0.237 e. The fraction of sp³-hybridized carbons (Fsp3) is 0.900. The van der Waals surface area contributed by atoms with Crippen LogP contribution in [0.3, 0.4) is 0 Å². The van der Waals surface area contributed by atoms with Gasteiger partial charge in [-0.25, -0.2) is 0 Å². The largest absolute Gasteiger partial charge is 0.337 e. The zero-order valence-electron chi connectivity index (χ0n) is 9.66. The standard InChI is InChI=1S/C10H22N2O/c1-8(2)12(9(3)4)10(13)7-11(5)6/h8-9H,7H2,1-6H3. The van der Waals surface area contributed by atoms with Gasteiger partial charge in [0.1, 0.15) is 0 Å². The summed E-state index contributed by atoms with van der Waals surface area (Å²) in [4.78, 5) is 15.5. The van der Waals surface area contributed by atoms with Crippen molar-refractivity contribution in [1.29, 1.82) is 0 Å². The highest BCUT2D eigenvalue weighted by Gasteiger charge is 2.19. The third kappa shape index (κ3) is 4.27. The summed E-state index contributed by atoms with van der Waals surface area (Å²) in [7, 11) is 3.83. The molecular formula is C10H22N2O. The molecule has 0 aromatic carbocycles. The van der Waals surface area contributed by atoms with Gasteiger partial charge in [-0.15, -0.1) is 0 Å². The van der Waals surface area contributed by atoms with Crippen molar-refractivity contribution in [1.82, 2.24) is 9.80 Å². The number of hydrogen-bond donors (Lipinski definition) is 0. The second-order valence-corrected chi connectivity index (χ2v) is 4.23. The van der Waals surface area contributed by atoms with Crippen LogP contribution in [0, 0.1) is 0 Å². The molecule has 0 radical (unpaired) electrons. The lowest BCUT2D eigenvalue weighted by Crippen LogP contribution is -2.45. The summed E-state index contributed by atoms with van der Waals surface area (Å²) in [5.74, 6) is 0.204. The van der Waals surface area contributed by atoms with Crippen LogP contribution >= 0.6 is 0 Å². The van der Waals surface area contributed by atoms with Crippen LogP contribution in [0.25, 0.3) is 0 Å². The van der Waals surface area contributed by atoms with Gasteiger partial charge in [0, 0.05) is 12.1 Å². The maximum absolute atomic E-state index is 11.7. The van der Waals surface area contributed by atoms with Gasteiger partial charge >= 0.3 is 0 Å². The van der Waals surface area contributed by atoms with Crippen LogP contribution in [0.4, 0.5) is 0 Å². The van der Waals surface area contributed by atoms with Crippen molar-refractivity contribution in [2.75, 3.05) is 20.6 Å². The van der Waals surface area contributed by atoms with Crippen LogP contribution < -0.4 is 0 Å². The molecule has 0 heterocycles. The molecule has 0 aliphatic carbocycles. The number of rotatable bonds is 4. The van der Waals surface area contributed by atoms with Gasteiger partial charge in [0.05, 0.1) is 6.54 Å². The summed E-state index contributed by atoms with van der Waals surface area (Å²) in [6.45, 7) is 8.69. The first-order chi connectivity index (χ1) is 5.86. The van der Waals surface area contributed by atoms with Crippen LogP contribution in [0.2, 0.25) is 0 Å². The predicted molar refractivity (Wildman–Crippen MR) is 55.7 cm³/mol. The molecule has 1 amide bonds. The summed E-state index contributed by atoms with van der Waals surface area (Å²) in [6, 6.07) is 0.569. The average Bonchev–Trinajstić information content (AvgIpc) is 1.81. The normalized spacial score (nSPS) is 11.5. The highest BCUT2D eigenvalue weighted by molar-refractivity contribution is 5.78. The van der Waals surface area contributed by atoms with E-state index in [-0.39, 0.29) is 18.0 Å². The molecule has 13 heavy (non-hydrogen) atoms. The molecule has 0 spiro atoms. The van der Waals surface area contributed by atoms with Crippen LogP contribution in [0.1, 0.15) is 27.7 Å². The highest BCUT2D eigenvalue weighted by atomic mass is 16.2. The minimum absolute atomic E-state index is 0.204. The first-order valence-electron chi connectivity index (χ1n) is 4.82. The second kappa shape index (κ2) is 5.22. The Kier molecular flexibility index (Phi) is 4.99. The molecule has 0 atom stereocenters. The molecule has 0 N–H and O–H groups in total. The molecule has 0 aliphatic heterocycles. The lowest BCUT2D eigenvalue weighted by molar-refractivity contribution is -0.135. The zero-order valence-corrected chi connectivity index (χ0v) is 9.66. The molecule has 0 rings (SSSR count). The Hall–Kier alpha value is -0.570. The molecule has 0 aromatic rings. The van der Waals surface area contributed by atoms with E-state index in [1.165, 1.54) is 0 Å². The molecule has 0 saturated carbocycles. The van der Waals surface area contributed by atoms with E-state index < -0.39 is 0 Å².